The van der Waals surface area contributed by atoms with Gasteiger partial charge in [0, 0.05) is 23.8 Å². The van der Waals surface area contributed by atoms with Crippen LogP contribution in [0.5, 0.6) is 0 Å². The van der Waals surface area contributed by atoms with E-state index in [2.05, 4.69) is 4.72 Å². The van der Waals surface area contributed by atoms with Crippen molar-refractivity contribution in [1.82, 2.24) is 4.90 Å². The van der Waals surface area contributed by atoms with E-state index in [1.165, 1.54) is 18.2 Å². The number of likely N-dealkylation sites (tertiary alicyclic amines) is 1. The third-order valence-corrected chi connectivity index (χ3v) is 6.74. The van der Waals surface area contributed by atoms with E-state index in [0.717, 1.165) is 25.8 Å². The summed E-state index contributed by atoms with van der Waals surface area (Å²) in [5, 5.41) is 0.432. The lowest BCUT2D eigenvalue weighted by Crippen LogP contribution is -2.42. The van der Waals surface area contributed by atoms with Crippen molar-refractivity contribution >= 4 is 44.8 Å². The largest absolute Gasteiger partial charge is 0.336 e. The highest BCUT2D eigenvalue weighted by molar-refractivity contribution is 7.92. The molecule has 2 aromatic rings. The SMILES string of the molecule is CC1CCCCN1C(=O)c1cccc(NS(=O)(=O)c2ccc(Cl)c(Cl)c2)c1. The number of sulfonamides is 1. The molecule has 1 unspecified atom stereocenters. The summed E-state index contributed by atoms with van der Waals surface area (Å²) in [6.07, 6.45) is 3.09. The van der Waals surface area contributed by atoms with Gasteiger partial charge in [0.15, 0.2) is 0 Å². The predicted octanol–water partition coefficient (Wildman–Crippen LogP) is 4.81. The van der Waals surface area contributed by atoms with Gasteiger partial charge in [-0.3, -0.25) is 9.52 Å². The summed E-state index contributed by atoms with van der Waals surface area (Å²) in [4.78, 5) is 14.6. The lowest BCUT2D eigenvalue weighted by atomic mass is 10.0. The average Bonchev–Trinajstić information content (AvgIpc) is 2.63. The first-order chi connectivity index (χ1) is 12.8. The summed E-state index contributed by atoms with van der Waals surface area (Å²) in [5.41, 5.74) is 0.773. The summed E-state index contributed by atoms with van der Waals surface area (Å²) in [6.45, 7) is 2.76. The van der Waals surface area contributed by atoms with Gasteiger partial charge in [-0.1, -0.05) is 29.3 Å². The number of carbonyl (C=O) groups is 1. The molecule has 2 aromatic carbocycles. The molecule has 0 saturated carbocycles. The van der Waals surface area contributed by atoms with E-state index in [1.54, 1.807) is 24.3 Å². The van der Waals surface area contributed by atoms with Gasteiger partial charge in [0.2, 0.25) is 0 Å². The molecule has 1 atom stereocenters. The van der Waals surface area contributed by atoms with E-state index >= 15 is 0 Å². The molecule has 1 aliphatic heterocycles. The zero-order valence-corrected chi connectivity index (χ0v) is 17.1. The fourth-order valence-electron chi connectivity index (χ4n) is 3.14. The Morgan fingerprint density at radius 2 is 1.89 bits per heavy atom. The number of carbonyl (C=O) groups excluding carboxylic acids is 1. The van der Waals surface area contributed by atoms with Gasteiger partial charge in [0.1, 0.15) is 0 Å². The highest BCUT2D eigenvalue weighted by Crippen LogP contribution is 2.26. The van der Waals surface area contributed by atoms with Crippen molar-refractivity contribution in [3.8, 4) is 0 Å². The van der Waals surface area contributed by atoms with Crippen LogP contribution < -0.4 is 4.72 Å². The Labute approximate surface area is 169 Å². The molecule has 3 rings (SSSR count). The first kappa shape index (κ1) is 20.0. The van der Waals surface area contributed by atoms with Gasteiger partial charge < -0.3 is 4.90 Å². The van der Waals surface area contributed by atoms with Crippen molar-refractivity contribution in [2.24, 2.45) is 0 Å². The highest BCUT2D eigenvalue weighted by atomic mass is 35.5. The number of halogens is 2. The Balaban J connectivity index is 1.83. The van der Waals surface area contributed by atoms with E-state index in [4.69, 9.17) is 23.2 Å². The summed E-state index contributed by atoms with van der Waals surface area (Å²) in [6, 6.07) is 10.8. The number of nitrogens with zero attached hydrogens (tertiary/aromatic N) is 1. The molecule has 0 radical (unpaired) electrons. The highest BCUT2D eigenvalue weighted by Gasteiger charge is 2.24. The number of piperidine rings is 1. The van der Waals surface area contributed by atoms with Crippen molar-refractivity contribution in [3.63, 3.8) is 0 Å². The molecule has 0 spiro atoms. The van der Waals surface area contributed by atoms with Crippen LogP contribution in [-0.2, 0) is 10.0 Å². The third-order valence-electron chi connectivity index (χ3n) is 4.63. The van der Waals surface area contributed by atoms with Gasteiger partial charge in [-0.25, -0.2) is 8.42 Å². The van der Waals surface area contributed by atoms with E-state index in [-0.39, 0.29) is 26.9 Å². The second-order valence-corrected chi connectivity index (χ2v) is 9.10. The summed E-state index contributed by atoms with van der Waals surface area (Å²) in [5.74, 6) is -0.0854. The number of amides is 1. The normalized spacial score (nSPS) is 17.6. The van der Waals surface area contributed by atoms with Gasteiger partial charge in [-0.2, -0.15) is 0 Å². The van der Waals surface area contributed by atoms with Gasteiger partial charge in [-0.15, -0.1) is 0 Å². The number of rotatable bonds is 4. The molecule has 1 amide bonds. The lowest BCUT2D eigenvalue weighted by Gasteiger charge is -2.33. The van der Waals surface area contributed by atoms with E-state index in [1.807, 2.05) is 11.8 Å². The monoisotopic (exact) mass is 426 g/mol. The van der Waals surface area contributed by atoms with Gasteiger partial charge in [0.25, 0.3) is 15.9 Å². The Kier molecular flexibility index (Phi) is 5.99. The van der Waals surface area contributed by atoms with Crippen LogP contribution in [0.1, 0.15) is 36.5 Å². The Hall–Kier alpha value is -1.76. The third kappa shape index (κ3) is 4.57. The first-order valence-corrected chi connectivity index (χ1v) is 10.9. The van der Waals surface area contributed by atoms with E-state index in [0.29, 0.717) is 11.3 Å². The summed E-state index contributed by atoms with van der Waals surface area (Å²) >= 11 is 11.8. The maximum atomic E-state index is 12.8. The van der Waals surface area contributed by atoms with Gasteiger partial charge >= 0.3 is 0 Å². The van der Waals surface area contributed by atoms with E-state index < -0.39 is 10.0 Å². The van der Waals surface area contributed by atoms with Crippen LogP contribution in [0.15, 0.2) is 47.4 Å². The molecule has 1 fully saturated rings. The molecule has 0 bridgehead atoms. The van der Waals surface area contributed by atoms with Crippen LogP contribution in [0.2, 0.25) is 10.0 Å². The molecular weight excluding hydrogens is 407 g/mol. The number of anilines is 1. The molecule has 1 heterocycles. The van der Waals surface area contributed by atoms with Crippen molar-refractivity contribution < 1.29 is 13.2 Å². The lowest BCUT2D eigenvalue weighted by molar-refractivity contribution is 0.0635. The molecule has 5 nitrogen and oxygen atoms in total. The molecule has 8 heteroatoms. The smallest absolute Gasteiger partial charge is 0.261 e. The van der Waals surface area contributed by atoms with Crippen LogP contribution in [0.3, 0.4) is 0 Å². The molecule has 1 aliphatic rings. The molecule has 0 aromatic heterocycles. The zero-order chi connectivity index (χ0) is 19.6. The first-order valence-electron chi connectivity index (χ1n) is 8.67. The van der Waals surface area contributed by atoms with E-state index in [9.17, 15) is 13.2 Å². The fourth-order valence-corrected chi connectivity index (χ4v) is 4.58. The minimum absolute atomic E-state index is 0.00159. The Morgan fingerprint density at radius 3 is 2.59 bits per heavy atom. The Bertz CT molecular complexity index is 963. The number of benzene rings is 2. The second kappa shape index (κ2) is 8.09. The second-order valence-electron chi connectivity index (χ2n) is 6.61. The standard InChI is InChI=1S/C19H20Cl2N2O3S/c1-13-5-2-3-10-23(13)19(24)14-6-4-7-15(11-14)22-27(25,26)16-8-9-17(20)18(21)12-16/h4,6-9,11-13,22H,2-3,5,10H2,1H3. The zero-order valence-electron chi connectivity index (χ0n) is 14.8. The summed E-state index contributed by atoms with van der Waals surface area (Å²) < 4.78 is 27.7. The van der Waals surface area contributed by atoms with Crippen molar-refractivity contribution in [3.05, 3.63) is 58.1 Å². The number of hydrogen-bond donors (Lipinski definition) is 1. The maximum absolute atomic E-state index is 12.8. The summed E-state index contributed by atoms with van der Waals surface area (Å²) in [7, 11) is -3.85. The topological polar surface area (TPSA) is 66.5 Å². The van der Waals surface area contributed by atoms with Crippen LogP contribution >= 0.6 is 23.2 Å². The number of hydrogen-bond acceptors (Lipinski definition) is 3. The van der Waals surface area contributed by atoms with Crippen molar-refractivity contribution in [2.75, 3.05) is 11.3 Å². The minimum Gasteiger partial charge on any atom is -0.336 e. The van der Waals surface area contributed by atoms with Crippen LogP contribution in [-0.4, -0.2) is 31.8 Å². The minimum atomic E-state index is -3.85. The molecule has 144 valence electrons. The van der Waals surface area contributed by atoms with Gasteiger partial charge in [-0.05, 0) is 62.6 Å². The average molecular weight is 427 g/mol. The fraction of sp³-hybridized carbons (Fsp3) is 0.316. The molecule has 1 saturated heterocycles. The molecule has 0 aliphatic carbocycles. The molecule has 1 N–H and O–H groups in total. The quantitative estimate of drug-likeness (QED) is 0.762. The number of nitrogens with one attached hydrogen (secondary N) is 1. The van der Waals surface area contributed by atoms with Crippen molar-refractivity contribution in [1.29, 1.82) is 0 Å². The van der Waals surface area contributed by atoms with Crippen LogP contribution in [0.25, 0.3) is 0 Å². The van der Waals surface area contributed by atoms with Crippen LogP contribution in [0, 0.1) is 0 Å². The Morgan fingerprint density at radius 1 is 1.11 bits per heavy atom. The molecular formula is C19H20Cl2N2O3S. The van der Waals surface area contributed by atoms with Crippen LogP contribution in [0.4, 0.5) is 5.69 Å². The maximum Gasteiger partial charge on any atom is 0.261 e. The predicted molar refractivity (Wildman–Crippen MR) is 108 cm³/mol. The molecule has 27 heavy (non-hydrogen) atoms. The van der Waals surface area contributed by atoms with Gasteiger partial charge in [0.05, 0.1) is 14.9 Å². The van der Waals surface area contributed by atoms with Crippen molar-refractivity contribution in [2.45, 2.75) is 37.1 Å².